The molecular weight excluding hydrogens is 231 g/mol. The fraction of sp³-hybridized carbons (Fsp3) is 0.417. The van der Waals surface area contributed by atoms with Crippen LogP contribution in [0.2, 0.25) is 0 Å². The molecule has 0 saturated carbocycles. The summed E-state index contributed by atoms with van der Waals surface area (Å²) in [4.78, 5) is 11.6. The second-order valence-electron chi connectivity index (χ2n) is 3.74. The van der Waals surface area contributed by atoms with Gasteiger partial charge < -0.3 is 5.73 Å². The Hall–Kier alpha value is -1.36. The maximum absolute atomic E-state index is 12.3. The number of benzene rings is 1. The van der Waals surface area contributed by atoms with Crippen LogP contribution in [0.1, 0.15) is 35.2 Å². The second-order valence-corrected chi connectivity index (χ2v) is 3.74. The van der Waals surface area contributed by atoms with Crippen LogP contribution in [0.3, 0.4) is 0 Å². The summed E-state index contributed by atoms with van der Waals surface area (Å²) in [6.07, 6.45) is -2.63. The first kappa shape index (κ1) is 13.7. The maximum Gasteiger partial charge on any atom is 0.416 e. The van der Waals surface area contributed by atoms with Crippen molar-refractivity contribution in [1.29, 1.82) is 0 Å². The molecule has 1 rings (SSSR count). The van der Waals surface area contributed by atoms with Gasteiger partial charge in [0, 0.05) is 12.0 Å². The molecule has 0 saturated heterocycles. The van der Waals surface area contributed by atoms with Crippen molar-refractivity contribution in [2.24, 2.45) is 5.73 Å². The molecule has 0 heterocycles. The number of ketones is 1. The highest BCUT2D eigenvalue weighted by molar-refractivity contribution is 5.96. The molecule has 0 spiro atoms. The first-order valence-electron chi connectivity index (χ1n) is 5.35. The van der Waals surface area contributed by atoms with E-state index in [2.05, 4.69) is 0 Å². The zero-order valence-electron chi connectivity index (χ0n) is 9.26. The third kappa shape index (κ3) is 4.19. The lowest BCUT2D eigenvalue weighted by Crippen LogP contribution is -2.06. The lowest BCUT2D eigenvalue weighted by Gasteiger charge is -2.07. The van der Waals surface area contributed by atoms with Crippen LogP contribution in [0.5, 0.6) is 0 Å². The lowest BCUT2D eigenvalue weighted by atomic mass is 10.0. The third-order valence-corrected chi connectivity index (χ3v) is 2.39. The van der Waals surface area contributed by atoms with Gasteiger partial charge in [0.05, 0.1) is 5.56 Å². The van der Waals surface area contributed by atoms with E-state index in [1.165, 1.54) is 12.1 Å². The van der Waals surface area contributed by atoms with Crippen molar-refractivity contribution in [2.75, 3.05) is 6.54 Å². The Morgan fingerprint density at radius 2 is 1.71 bits per heavy atom. The normalized spacial score (nSPS) is 11.5. The molecule has 1 aromatic rings. The molecule has 0 atom stereocenters. The SMILES string of the molecule is NCCCCC(=O)c1ccc(C(F)(F)F)cc1. The topological polar surface area (TPSA) is 43.1 Å². The largest absolute Gasteiger partial charge is 0.416 e. The number of alkyl halides is 3. The molecular formula is C12H14F3NO. The minimum Gasteiger partial charge on any atom is -0.330 e. The number of Topliss-reactive ketones (excluding diaryl/α,β-unsaturated/α-hetero) is 1. The lowest BCUT2D eigenvalue weighted by molar-refractivity contribution is -0.137. The molecule has 0 bridgehead atoms. The van der Waals surface area contributed by atoms with Gasteiger partial charge in [0.2, 0.25) is 0 Å². The van der Waals surface area contributed by atoms with Crippen molar-refractivity contribution < 1.29 is 18.0 Å². The number of halogens is 3. The van der Waals surface area contributed by atoms with Crippen LogP contribution in [-0.4, -0.2) is 12.3 Å². The summed E-state index contributed by atoms with van der Waals surface area (Å²) in [7, 11) is 0. The number of hydrogen-bond donors (Lipinski definition) is 1. The van der Waals surface area contributed by atoms with E-state index < -0.39 is 11.7 Å². The second kappa shape index (κ2) is 5.82. The summed E-state index contributed by atoms with van der Waals surface area (Å²) >= 11 is 0. The van der Waals surface area contributed by atoms with Gasteiger partial charge in [-0.1, -0.05) is 12.1 Å². The van der Waals surface area contributed by atoms with Crippen molar-refractivity contribution >= 4 is 5.78 Å². The fourth-order valence-electron chi connectivity index (χ4n) is 1.42. The van der Waals surface area contributed by atoms with Crippen LogP contribution in [0.15, 0.2) is 24.3 Å². The first-order valence-corrected chi connectivity index (χ1v) is 5.35. The molecule has 0 radical (unpaired) electrons. The first-order chi connectivity index (χ1) is 7.95. The summed E-state index contributed by atoms with van der Waals surface area (Å²) in [5.41, 5.74) is 4.86. The van der Waals surface area contributed by atoms with Gasteiger partial charge in [-0.2, -0.15) is 13.2 Å². The van der Waals surface area contributed by atoms with Crippen LogP contribution in [0.25, 0.3) is 0 Å². The Balaban J connectivity index is 2.64. The van der Waals surface area contributed by atoms with Gasteiger partial charge >= 0.3 is 6.18 Å². The predicted octanol–water partition coefficient (Wildman–Crippen LogP) is 3.02. The Kier molecular flexibility index (Phi) is 4.69. The van der Waals surface area contributed by atoms with E-state index in [-0.39, 0.29) is 5.78 Å². The number of rotatable bonds is 5. The van der Waals surface area contributed by atoms with E-state index in [9.17, 15) is 18.0 Å². The summed E-state index contributed by atoms with van der Waals surface area (Å²) < 4.78 is 36.8. The van der Waals surface area contributed by atoms with E-state index >= 15 is 0 Å². The minimum atomic E-state index is -4.36. The molecule has 5 heteroatoms. The third-order valence-electron chi connectivity index (χ3n) is 2.39. The number of unbranched alkanes of at least 4 members (excludes halogenated alkanes) is 1. The fourth-order valence-corrected chi connectivity index (χ4v) is 1.42. The van der Waals surface area contributed by atoms with Gasteiger partial charge in [0.15, 0.2) is 5.78 Å². The summed E-state index contributed by atoms with van der Waals surface area (Å²) in [6.45, 7) is 0.514. The van der Waals surface area contributed by atoms with Crippen molar-refractivity contribution in [2.45, 2.75) is 25.4 Å². The average molecular weight is 245 g/mol. The zero-order chi connectivity index (χ0) is 12.9. The Bertz CT molecular complexity index is 370. The van der Waals surface area contributed by atoms with E-state index in [4.69, 9.17) is 5.73 Å². The number of nitrogens with two attached hydrogens (primary N) is 1. The van der Waals surface area contributed by atoms with E-state index in [1.54, 1.807) is 0 Å². The zero-order valence-corrected chi connectivity index (χ0v) is 9.26. The van der Waals surface area contributed by atoms with Gasteiger partial charge in [-0.3, -0.25) is 4.79 Å². The van der Waals surface area contributed by atoms with Crippen molar-refractivity contribution in [3.63, 3.8) is 0 Å². The van der Waals surface area contributed by atoms with E-state index in [0.717, 1.165) is 18.6 Å². The standard InChI is InChI=1S/C12H14F3NO/c13-12(14,15)10-6-4-9(5-7-10)11(17)3-1-2-8-16/h4-7H,1-3,8,16H2. The van der Waals surface area contributed by atoms with Crippen molar-refractivity contribution in [3.05, 3.63) is 35.4 Å². The van der Waals surface area contributed by atoms with Gasteiger partial charge in [-0.15, -0.1) is 0 Å². The Morgan fingerprint density at radius 1 is 1.12 bits per heavy atom. The highest BCUT2D eigenvalue weighted by atomic mass is 19.4. The Labute approximate surface area is 97.6 Å². The highest BCUT2D eigenvalue weighted by Crippen LogP contribution is 2.29. The molecule has 0 fully saturated rings. The maximum atomic E-state index is 12.3. The summed E-state index contributed by atoms with van der Waals surface area (Å²) in [5, 5.41) is 0. The molecule has 2 nitrogen and oxygen atoms in total. The van der Waals surface area contributed by atoms with Gasteiger partial charge in [-0.05, 0) is 31.5 Å². The van der Waals surface area contributed by atoms with Gasteiger partial charge in [0.25, 0.3) is 0 Å². The van der Waals surface area contributed by atoms with Gasteiger partial charge in [-0.25, -0.2) is 0 Å². The van der Waals surface area contributed by atoms with Crippen LogP contribution < -0.4 is 5.73 Å². The molecule has 0 unspecified atom stereocenters. The minimum absolute atomic E-state index is 0.146. The van der Waals surface area contributed by atoms with Crippen LogP contribution in [0, 0.1) is 0 Å². The molecule has 0 aliphatic rings. The number of hydrogen-bond acceptors (Lipinski definition) is 2. The Morgan fingerprint density at radius 3 is 2.18 bits per heavy atom. The van der Waals surface area contributed by atoms with Crippen molar-refractivity contribution in [3.8, 4) is 0 Å². The molecule has 0 aromatic heterocycles. The van der Waals surface area contributed by atoms with Crippen LogP contribution in [0.4, 0.5) is 13.2 Å². The quantitative estimate of drug-likeness (QED) is 0.640. The highest BCUT2D eigenvalue weighted by Gasteiger charge is 2.30. The molecule has 0 amide bonds. The molecule has 1 aromatic carbocycles. The smallest absolute Gasteiger partial charge is 0.330 e. The average Bonchev–Trinajstić information content (AvgIpc) is 2.28. The van der Waals surface area contributed by atoms with Crippen LogP contribution in [-0.2, 0) is 6.18 Å². The number of carbonyl (C=O) groups excluding carboxylic acids is 1. The molecule has 0 aliphatic heterocycles. The van der Waals surface area contributed by atoms with Gasteiger partial charge in [0.1, 0.15) is 0 Å². The van der Waals surface area contributed by atoms with Crippen molar-refractivity contribution in [1.82, 2.24) is 0 Å². The molecule has 0 aliphatic carbocycles. The summed E-state index contributed by atoms with van der Waals surface area (Å²) in [6, 6.07) is 4.29. The molecule has 94 valence electrons. The van der Waals surface area contributed by atoms with Crippen LogP contribution >= 0.6 is 0 Å². The summed E-state index contributed by atoms with van der Waals surface area (Å²) in [5.74, 6) is -0.146. The predicted molar refractivity (Wildman–Crippen MR) is 58.7 cm³/mol. The van der Waals surface area contributed by atoms with E-state index in [1.807, 2.05) is 0 Å². The van der Waals surface area contributed by atoms with E-state index in [0.29, 0.717) is 24.9 Å². The number of carbonyl (C=O) groups is 1. The molecule has 2 N–H and O–H groups in total. The monoisotopic (exact) mass is 245 g/mol. The molecule has 17 heavy (non-hydrogen) atoms.